The molecule has 1 aromatic heterocycles. The first-order chi connectivity index (χ1) is 12.5. The van der Waals surface area contributed by atoms with Crippen molar-refractivity contribution in [3.63, 3.8) is 0 Å². The van der Waals surface area contributed by atoms with Gasteiger partial charge >= 0.3 is 5.97 Å². The summed E-state index contributed by atoms with van der Waals surface area (Å²) >= 11 is 1.33. The highest BCUT2D eigenvalue weighted by Gasteiger charge is 2.37. The molecule has 1 atom stereocenters. The third-order valence-corrected chi connectivity index (χ3v) is 5.18. The minimum atomic E-state index is -0.457. The van der Waals surface area contributed by atoms with Crippen molar-refractivity contribution in [1.29, 1.82) is 0 Å². The van der Waals surface area contributed by atoms with E-state index in [1.165, 1.54) is 18.4 Å². The summed E-state index contributed by atoms with van der Waals surface area (Å²) in [6.07, 6.45) is 1.35. The number of carbonyl (C=O) groups is 3. The molecule has 0 bridgehead atoms. The standard InChI is InChI=1S/C17H25N3O5S/c1-19(11-14(21)18-7-4-9-24-2)13-5-8-20(15(13)22)16-12(6-10-26-16)17(23)25-3/h6,10,13H,4-5,7-9,11H2,1-3H3,(H,18,21)/t13-/m0/s1. The largest absolute Gasteiger partial charge is 0.465 e. The van der Waals surface area contributed by atoms with Crippen LogP contribution in [0.4, 0.5) is 5.00 Å². The Bertz CT molecular complexity index is 648. The second-order valence-corrected chi connectivity index (χ2v) is 6.93. The van der Waals surface area contributed by atoms with Gasteiger partial charge in [0, 0.05) is 26.8 Å². The average molecular weight is 383 g/mol. The van der Waals surface area contributed by atoms with Gasteiger partial charge in [0.05, 0.1) is 25.3 Å². The Labute approximate surface area is 157 Å². The summed E-state index contributed by atoms with van der Waals surface area (Å²) in [5.74, 6) is -0.685. The molecule has 0 saturated carbocycles. The van der Waals surface area contributed by atoms with Crippen LogP contribution in [0.3, 0.4) is 0 Å². The maximum absolute atomic E-state index is 12.8. The number of nitrogens with zero attached hydrogens (tertiary/aromatic N) is 2. The van der Waals surface area contributed by atoms with Crippen LogP contribution in [0.2, 0.25) is 0 Å². The Kier molecular flexibility index (Phi) is 7.55. The topological polar surface area (TPSA) is 88.2 Å². The van der Waals surface area contributed by atoms with Gasteiger partial charge in [0.2, 0.25) is 11.8 Å². The van der Waals surface area contributed by atoms with Crippen LogP contribution in [-0.4, -0.2) is 76.2 Å². The van der Waals surface area contributed by atoms with Gasteiger partial charge in [0.1, 0.15) is 5.00 Å². The molecule has 8 nitrogen and oxygen atoms in total. The molecule has 26 heavy (non-hydrogen) atoms. The molecule has 0 aromatic carbocycles. The number of nitrogens with one attached hydrogen (secondary N) is 1. The van der Waals surface area contributed by atoms with Gasteiger partial charge in [0.15, 0.2) is 0 Å². The molecule has 1 aliphatic rings. The van der Waals surface area contributed by atoms with E-state index in [1.807, 2.05) is 0 Å². The molecular weight excluding hydrogens is 358 g/mol. The molecular formula is C17H25N3O5S. The average Bonchev–Trinajstić information content (AvgIpc) is 3.24. The van der Waals surface area contributed by atoms with E-state index in [0.717, 1.165) is 6.42 Å². The van der Waals surface area contributed by atoms with Crippen molar-refractivity contribution in [3.8, 4) is 0 Å². The summed E-state index contributed by atoms with van der Waals surface area (Å²) in [7, 11) is 4.69. The van der Waals surface area contributed by atoms with Crippen LogP contribution in [0.1, 0.15) is 23.2 Å². The molecule has 0 unspecified atom stereocenters. The molecule has 2 rings (SSSR count). The van der Waals surface area contributed by atoms with Crippen molar-refractivity contribution in [2.75, 3.05) is 52.4 Å². The normalized spacial score (nSPS) is 17.0. The second-order valence-electron chi connectivity index (χ2n) is 6.04. The predicted molar refractivity (Wildman–Crippen MR) is 98.5 cm³/mol. The van der Waals surface area contributed by atoms with Crippen molar-refractivity contribution in [3.05, 3.63) is 17.0 Å². The lowest BCUT2D eigenvalue weighted by atomic mass is 10.2. The van der Waals surface area contributed by atoms with Crippen LogP contribution in [0, 0.1) is 0 Å². The van der Waals surface area contributed by atoms with Crippen molar-refractivity contribution in [2.45, 2.75) is 18.9 Å². The molecule has 1 aromatic rings. The second kappa shape index (κ2) is 9.65. The van der Waals surface area contributed by atoms with Crippen LogP contribution in [0.25, 0.3) is 0 Å². The van der Waals surface area contributed by atoms with Crippen LogP contribution >= 0.6 is 11.3 Å². The fourth-order valence-electron chi connectivity index (χ4n) is 2.89. The molecule has 1 saturated heterocycles. The van der Waals surface area contributed by atoms with Gasteiger partial charge < -0.3 is 19.7 Å². The molecule has 9 heteroatoms. The minimum Gasteiger partial charge on any atom is -0.465 e. The maximum atomic E-state index is 12.8. The van der Waals surface area contributed by atoms with E-state index in [2.05, 4.69) is 5.32 Å². The zero-order chi connectivity index (χ0) is 19.1. The smallest absolute Gasteiger partial charge is 0.340 e. The fourth-order valence-corrected chi connectivity index (χ4v) is 3.81. The predicted octanol–water partition coefficient (Wildman–Crippen LogP) is 0.724. The van der Waals surface area contributed by atoms with Crippen molar-refractivity contribution >= 4 is 34.1 Å². The molecule has 1 aliphatic heterocycles. The van der Waals surface area contributed by atoms with Crippen LogP contribution in [0.5, 0.6) is 0 Å². The number of carbonyl (C=O) groups excluding carboxylic acids is 3. The van der Waals surface area contributed by atoms with Gasteiger partial charge in [-0.1, -0.05) is 0 Å². The van der Waals surface area contributed by atoms with Crippen molar-refractivity contribution in [2.24, 2.45) is 0 Å². The molecule has 2 amide bonds. The molecule has 2 heterocycles. The van der Waals surface area contributed by atoms with Gasteiger partial charge in [0.25, 0.3) is 0 Å². The number of ether oxygens (including phenoxy) is 2. The summed E-state index contributed by atoms with van der Waals surface area (Å²) in [5.41, 5.74) is 0.394. The van der Waals surface area contributed by atoms with E-state index in [-0.39, 0.29) is 24.4 Å². The van der Waals surface area contributed by atoms with Crippen LogP contribution < -0.4 is 10.2 Å². The maximum Gasteiger partial charge on any atom is 0.340 e. The zero-order valence-electron chi connectivity index (χ0n) is 15.3. The summed E-state index contributed by atoms with van der Waals surface area (Å²) in [6, 6.07) is 1.27. The third kappa shape index (κ3) is 4.80. The third-order valence-electron chi connectivity index (χ3n) is 4.24. The van der Waals surface area contributed by atoms with E-state index in [1.54, 1.807) is 35.4 Å². The summed E-state index contributed by atoms with van der Waals surface area (Å²) in [5, 5.41) is 5.17. The lowest BCUT2D eigenvalue weighted by molar-refractivity contribution is -0.125. The van der Waals surface area contributed by atoms with E-state index < -0.39 is 5.97 Å². The van der Waals surface area contributed by atoms with E-state index in [0.29, 0.717) is 36.7 Å². The van der Waals surface area contributed by atoms with Crippen LogP contribution in [0.15, 0.2) is 11.4 Å². The number of hydrogen-bond acceptors (Lipinski definition) is 7. The molecule has 0 radical (unpaired) electrons. The first-order valence-corrected chi connectivity index (χ1v) is 9.30. The Morgan fingerprint density at radius 1 is 1.42 bits per heavy atom. The fraction of sp³-hybridized carbons (Fsp3) is 0.588. The van der Waals surface area contributed by atoms with Gasteiger partial charge in [-0.3, -0.25) is 14.5 Å². The first kappa shape index (κ1) is 20.3. The Morgan fingerprint density at radius 2 is 2.19 bits per heavy atom. The lowest BCUT2D eigenvalue weighted by Gasteiger charge is -2.23. The molecule has 0 spiro atoms. The highest BCUT2D eigenvalue weighted by Crippen LogP contribution is 2.32. The number of hydrogen-bond donors (Lipinski definition) is 1. The number of anilines is 1. The number of rotatable bonds is 9. The Morgan fingerprint density at radius 3 is 2.88 bits per heavy atom. The zero-order valence-corrected chi connectivity index (χ0v) is 16.1. The number of thiophene rings is 1. The molecule has 1 N–H and O–H groups in total. The minimum absolute atomic E-state index is 0.104. The van der Waals surface area contributed by atoms with Crippen molar-refractivity contribution < 1.29 is 23.9 Å². The van der Waals surface area contributed by atoms with E-state index >= 15 is 0 Å². The number of methoxy groups -OCH3 is 2. The highest BCUT2D eigenvalue weighted by atomic mass is 32.1. The van der Waals surface area contributed by atoms with Gasteiger partial charge in [-0.2, -0.15) is 0 Å². The Hall–Kier alpha value is -1.97. The summed E-state index contributed by atoms with van der Waals surface area (Å²) in [6.45, 7) is 1.79. The van der Waals surface area contributed by atoms with Crippen molar-refractivity contribution in [1.82, 2.24) is 10.2 Å². The monoisotopic (exact) mass is 383 g/mol. The summed E-state index contributed by atoms with van der Waals surface area (Å²) < 4.78 is 9.71. The quantitative estimate of drug-likeness (QED) is 0.499. The van der Waals surface area contributed by atoms with Crippen LogP contribution in [-0.2, 0) is 19.1 Å². The molecule has 144 valence electrons. The SMILES string of the molecule is COCCCNC(=O)CN(C)[C@H]1CCN(c2sccc2C(=O)OC)C1=O. The van der Waals surface area contributed by atoms with Gasteiger partial charge in [-0.15, -0.1) is 11.3 Å². The molecule has 0 aliphatic carbocycles. The van der Waals surface area contributed by atoms with Gasteiger partial charge in [-0.05, 0) is 31.3 Å². The van der Waals surface area contributed by atoms with E-state index in [9.17, 15) is 14.4 Å². The Balaban J connectivity index is 1.93. The first-order valence-electron chi connectivity index (χ1n) is 8.42. The number of likely N-dealkylation sites (N-methyl/N-ethyl adjacent to an activating group) is 1. The molecule has 1 fully saturated rings. The number of amides is 2. The highest BCUT2D eigenvalue weighted by molar-refractivity contribution is 7.14. The van der Waals surface area contributed by atoms with Gasteiger partial charge in [-0.25, -0.2) is 4.79 Å². The number of esters is 1. The lowest BCUT2D eigenvalue weighted by Crippen LogP contribution is -2.44. The van der Waals surface area contributed by atoms with E-state index in [4.69, 9.17) is 9.47 Å². The summed E-state index contributed by atoms with van der Waals surface area (Å²) in [4.78, 5) is 40.0.